The van der Waals surface area contributed by atoms with Crippen LogP contribution in [0.5, 0.6) is 0 Å². The zero-order valence-corrected chi connectivity index (χ0v) is 12.4. The number of fused-ring (bicyclic) bond motifs is 1. The van der Waals surface area contributed by atoms with Gasteiger partial charge in [-0.2, -0.15) is 0 Å². The van der Waals surface area contributed by atoms with E-state index in [0.29, 0.717) is 0 Å². The summed E-state index contributed by atoms with van der Waals surface area (Å²) < 4.78 is 1.91. The Morgan fingerprint density at radius 2 is 2.16 bits per heavy atom. The van der Waals surface area contributed by atoms with E-state index in [0.717, 1.165) is 22.4 Å². The molecule has 0 fully saturated rings. The molecule has 19 heavy (non-hydrogen) atoms. The van der Waals surface area contributed by atoms with Crippen LogP contribution in [0.2, 0.25) is 0 Å². The highest BCUT2D eigenvalue weighted by atomic mass is 35.5. The summed E-state index contributed by atoms with van der Waals surface area (Å²) >= 11 is 6.17. The minimum absolute atomic E-state index is 0.0272. The standard InChI is InChI=1S/C14H18ClN3O/c1-9-5-6-11-12(7-9)18(8-13(19)17(3)4)14(16-11)10(2)15/h5-7,10H,8H2,1-4H3. The van der Waals surface area contributed by atoms with Crippen molar-refractivity contribution >= 4 is 28.5 Å². The van der Waals surface area contributed by atoms with Gasteiger partial charge in [0.25, 0.3) is 0 Å². The van der Waals surface area contributed by atoms with Crippen LogP contribution < -0.4 is 0 Å². The summed E-state index contributed by atoms with van der Waals surface area (Å²) in [5, 5.41) is -0.234. The van der Waals surface area contributed by atoms with Gasteiger partial charge in [-0.1, -0.05) is 6.07 Å². The van der Waals surface area contributed by atoms with Crippen LogP contribution in [0.25, 0.3) is 11.0 Å². The maximum absolute atomic E-state index is 11.9. The lowest BCUT2D eigenvalue weighted by molar-refractivity contribution is -0.129. The molecule has 1 heterocycles. The minimum Gasteiger partial charge on any atom is -0.347 e. The predicted molar refractivity (Wildman–Crippen MR) is 77.4 cm³/mol. The molecule has 2 rings (SSSR count). The summed E-state index contributed by atoms with van der Waals surface area (Å²) in [7, 11) is 3.49. The normalized spacial score (nSPS) is 12.7. The maximum Gasteiger partial charge on any atom is 0.242 e. The molecule has 2 aromatic rings. The third-order valence-corrected chi connectivity index (χ3v) is 3.28. The molecule has 4 nitrogen and oxygen atoms in total. The average Bonchev–Trinajstić information content (AvgIpc) is 2.67. The second-order valence-corrected chi connectivity index (χ2v) is 5.61. The molecule has 0 spiro atoms. The summed E-state index contributed by atoms with van der Waals surface area (Å²) in [5.74, 6) is 0.761. The summed E-state index contributed by atoms with van der Waals surface area (Å²) in [5.41, 5.74) is 2.97. The number of nitrogens with zero attached hydrogens (tertiary/aromatic N) is 3. The molecule has 1 amide bonds. The van der Waals surface area contributed by atoms with Gasteiger partial charge in [0.1, 0.15) is 12.4 Å². The molecule has 0 saturated carbocycles. The van der Waals surface area contributed by atoms with E-state index < -0.39 is 0 Å². The maximum atomic E-state index is 11.9. The number of hydrogen-bond acceptors (Lipinski definition) is 2. The first-order chi connectivity index (χ1) is 8.90. The molecule has 1 atom stereocenters. The first-order valence-corrected chi connectivity index (χ1v) is 6.65. The van der Waals surface area contributed by atoms with E-state index in [1.807, 2.05) is 36.6 Å². The van der Waals surface area contributed by atoms with Crippen LogP contribution in [0.3, 0.4) is 0 Å². The van der Waals surface area contributed by atoms with Crippen molar-refractivity contribution in [3.63, 3.8) is 0 Å². The van der Waals surface area contributed by atoms with Crippen LogP contribution >= 0.6 is 11.6 Å². The monoisotopic (exact) mass is 279 g/mol. The largest absolute Gasteiger partial charge is 0.347 e. The van der Waals surface area contributed by atoms with Crippen LogP contribution in [-0.4, -0.2) is 34.5 Å². The molecule has 1 aromatic carbocycles. The lowest BCUT2D eigenvalue weighted by Gasteiger charge is -2.14. The van der Waals surface area contributed by atoms with Crippen LogP contribution in [0, 0.1) is 6.92 Å². The Bertz CT molecular complexity index is 616. The van der Waals surface area contributed by atoms with E-state index in [2.05, 4.69) is 4.98 Å². The Morgan fingerprint density at radius 3 is 2.74 bits per heavy atom. The van der Waals surface area contributed by atoms with Crippen LogP contribution in [0.15, 0.2) is 18.2 Å². The summed E-state index contributed by atoms with van der Waals surface area (Å²) in [4.78, 5) is 18.0. The fraction of sp³-hybridized carbons (Fsp3) is 0.429. The molecular formula is C14H18ClN3O. The molecule has 0 saturated heterocycles. The number of imidazole rings is 1. The minimum atomic E-state index is -0.234. The highest BCUT2D eigenvalue weighted by Crippen LogP contribution is 2.25. The van der Waals surface area contributed by atoms with E-state index in [9.17, 15) is 4.79 Å². The zero-order chi connectivity index (χ0) is 14.2. The highest BCUT2D eigenvalue weighted by molar-refractivity contribution is 6.20. The van der Waals surface area contributed by atoms with Crippen molar-refractivity contribution in [2.24, 2.45) is 0 Å². The van der Waals surface area contributed by atoms with Gasteiger partial charge in [-0.15, -0.1) is 11.6 Å². The van der Waals surface area contributed by atoms with Gasteiger partial charge in [-0.3, -0.25) is 4.79 Å². The number of aromatic nitrogens is 2. The first-order valence-electron chi connectivity index (χ1n) is 6.21. The van der Waals surface area contributed by atoms with Crippen molar-refractivity contribution in [1.82, 2.24) is 14.5 Å². The molecule has 1 aromatic heterocycles. The Morgan fingerprint density at radius 1 is 1.47 bits per heavy atom. The molecule has 0 N–H and O–H groups in total. The van der Waals surface area contributed by atoms with Gasteiger partial charge < -0.3 is 9.47 Å². The van der Waals surface area contributed by atoms with Gasteiger partial charge in [0, 0.05) is 14.1 Å². The van der Waals surface area contributed by atoms with Crippen molar-refractivity contribution in [3.8, 4) is 0 Å². The number of carbonyl (C=O) groups is 1. The molecule has 0 aliphatic rings. The van der Waals surface area contributed by atoms with Gasteiger partial charge >= 0.3 is 0 Å². The van der Waals surface area contributed by atoms with Gasteiger partial charge in [0.2, 0.25) is 5.91 Å². The zero-order valence-electron chi connectivity index (χ0n) is 11.6. The van der Waals surface area contributed by atoms with Crippen molar-refractivity contribution in [2.75, 3.05) is 14.1 Å². The number of alkyl halides is 1. The third kappa shape index (κ3) is 2.73. The molecule has 5 heteroatoms. The number of halogens is 1. The number of likely N-dealkylation sites (N-methyl/N-ethyl adjacent to an activating group) is 1. The molecule has 0 aliphatic heterocycles. The number of amides is 1. The molecule has 1 unspecified atom stereocenters. The molecule has 102 valence electrons. The summed E-state index contributed by atoms with van der Waals surface area (Å²) in [6.45, 7) is 4.15. The highest BCUT2D eigenvalue weighted by Gasteiger charge is 2.17. The second-order valence-electron chi connectivity index (χ2n) is 4.95. The van der Waals surface area contributed by atoms with Gasteiger partial charge in [-0.05, 0) is 31.5 Å². The fourth-order valence-corrected chi connectivity index (χ4v) is 2.16. The lowest BCUT2D eigenvalue weighted by atomic mass is 10.2. The van der Waals surface area contributed by atoms with Gasteiger partial charge in [0.05, 0.1) is 16.4 Å². The third-order valence-electron chi connectivity index (χ3n) is 3.08. The van der Waals surface area contributed by atoms with Crippen LogP contribution in [0.1, 0.15) is 23.7 Å². The molecule has 0 radical (unpaired) electrons. The number of aryl methyl sites for hydroxylation is 1. The topological polar surface area (TPSA) is 38.1 Å². The number of hydrogen-bond donors (Lipinski definition) is 0. The quantitative estimate of drug-likeness (QED) is 0.810. The Kier molecular flexibility index (Phi) is 3.80. The van der Waals surface area contributed by atoms with Crippen molar-refractivity contribution in [2.45, 2.75) is 25.8 Å². The second kappa shape index (κ2) is 5.21. The van der Waals surface area contributed by atoms with Crippen molar-refractivity contribution in [3.05, 3.63) is 29.6 Å². The number of rotatable bonds is 3. The summed E-state index contributed by atoms with van der Waals surface area (Å²) in [6.07, 6.45) is 0. The fourth-order valence-electron chi connectivity index (χ4n) is 2.00. The summed E-state index contributed by atoms with van der Waals surface area (Å²) in [6, 6.07) is 6.01. The van der Waals surface area contributed by atoms with E-state index in [1.54, 1.807) is 19.0 Å². The number of benzene rings is 1. The molecule has 0 aliphatic carbocycles. The molecule has 0 bridgehead atoms. The van der Waals surface area contributed by atoms with Crippen molar-refractivity contribution in [1.29, 1.82) is 0 Å². The van der Waals surface area contributed by atoms with E-state index in [1.165, 1.54) is 0 Å². The van der Waals surface area contributed by atoms with Gasteiger partial charge in [0.15, 0.2) is 0 Å². The molecular weight excluding hydrogens is 262 g/mol. The van der Waals surface area contributed by atoms with Crippen LogP contribution in [-0.2, 0) is 11.3 Å². The van der Waals surface area contributed by atoms with Gasteiger partial charge in [-0.25, -0.2) is 4.98 Å². The lowest BCUT2D eigenvalue weighted by Crippen LogP contribution is -2.27. The Hall–Kier alpha value is -1.55. The number of carbonyl (C=O) groups excluding carboxylic acids is 1. The van der Waals surface area contributed by atoms with E-state index >= 15 is 0 Å². The van der Waals surface area contributed by atoms with E-state index in [-0.39, 0.29) is 17.8 Å². The SMILES string of the molecule is Cc1ccc2nc(C(C)Cl)n(CC(=O)N(C)C)c2c1. The predicted octanol–water partition coefficient (Wildman–Crippen LogP) is 2.73. The Labute approximate surface area is 118 Å². The van der Waals surface area contributed by atoms with Crippen LogP contribution in [0.4, 0.5) is 0 Å². The van der Waals surface area contributed by atoms with Crippen molar-refractivity contribution < 1.29 is 4.79 Å². The first kappa shape index (κ1) is 13.9. The smallest absolute Gasteiger partial charge is 0.242 e. The average molecular weight is 280 g/mol. The van der Waals surface area contributed by atoms with E-state index in [4.69, 9.17) is 11.6 Å². The Balaban J connectivity index is 2.57.